The lowest BCUT2D eigenvalue weighted by Gasteiger charge is -2.12. The average molecular weight is 317 g/mol. The fraction of sp³-hybridized carbons (Fsp3) is 0.375. The molecule has 116 valence electrons. The van der Waals surface area contributed by atoms with E-state index >= 15 is 0 Å². The van der Waals surface area contributed by atoms with Gasteiger partial charge < -0.3 is 15.7 Å². The molecule has 0 aliphatic heterocycles. The van der Waals surface area contributed by atoms with E-state index in [9.17, 15) is 9.90 Å². The Kier molecular flexibility index (Phi) is 4.40. The number of hydrogen-bond acceptors (Lipinski definition) is 4. The maximum absolute atomic E-state index is 11.8. The number of rotatable bonds is 6. The van der Waals surface area contributed by atoms with Crippen LogP contribution in [-0.2, 0) is 6.54 Å². The van der Waals surface area contributed by atoms with Crippen molar-refractivity contribution in [2.24, 2.45) is 5.41 Å². The topological polar surface area (TPSA) is 74.2 Å². The molecule has 2 amide bonds. The van der Waals surface area contributed by atoms with Crippen molar-refractivity contribution in [3.8, 4) is 10.6 Å². The second kappa shape index (κ2) is 6.46. The van der Waals surface area contributed by atoms with E-state index in [1.165, 1.54) is 0 Å². The highest BCUT2D eigenvalue weighted by atomic mass is 32.1. The minimum absolute atomic E-state index is 0.0710. The van der Waals surface area contributed by atoms with Gasteiger partial charge in [0, 0.05) is 22.9 Å². The second-order valence-corrected chi connectivity index (χ2v) is 6.56. The first-order chi connectivity index (χ1) is 10.7. The number of amides is 2. The third-order valence-corrected chi connectivity index (χ3v) is 4.86. The van der Waals surface area contributed by atoms with E-state index in [0.717, 1.165) is 29.1 Å². The first-order valence-corrected chi connectivity index (χ1v) is 8.21. The van der Waals surface area contributed by atoms with Crippen LogP contribution in [0.15, 0.2) is 35.7 Å². The molecule has 0 bridgehead atoms. The molecule has 0 saturated heterocycles. The minimum atomic E-state index is -0.214. The summed E-state index contributed by atoms with van der Waals surface area (Å²) in [5.41, 5.74) is 1.86. The highest BCUT2D eigenvalue weighted by Crippen LogP contribution is 2.44. The van der Waals surface area contributed by atoms with Crippen LogP contribution in [0.3, 0.4) is 0 Å². The lowest BCUT2D eigenvalue weighted by molar-refractivity contribution is 0.203. The van der Waals surface area contributed by atoms with Gasteiger partial charge in [0.05, 0.1) is 18.8 Å². The van der Waals surface area contributed by atoms with Gasteiger partial charge in [-0.2, -0.15) is 0 Å². The van der Waals surface area contributed by atoms with Crippen molar-refractivity contribution in [2.75, 3.05) is 13.2 Å². The van der Waals surface area contributed by atoms with Crippen molar-refractivity contribution < 1.29 is 9.90 Å². The fourth-order valence-electron chi connectivity index (χ4n) is 2.17. The van der Waals surface area contributed by atoms with Crippen LogP contribution in [0, 0.1) is 5.41 Å². The summed E-state index contributed by atoms with van der Waals surface area (Å²) in [6.07, 6.45) is 1.96. The number of carbonyl (C=O) groups is 1. The van der Waals surface area contributed by atoms with Crippen molar-refractivity contribution in [3.63, 3.8) is 0 Å². The van der Waals surface area contributed by atoms with E-state index < -0.39 is 0 Å². The quantitative estimate of drug-likeness (QED) is 0.766. The summed E-state index contributed by atoms with van der Waals surface area (Å²) in [7, 11) is 0. The standard InChI is InChI=1S/C16H19N3O2S/c20-11-16(6-7-16)10-18-15(21)17-8-13-9-22-14(19-13)12-4-2-1-3-5-12/h1-5,9,20H,6-8,10-11H2,(H2,17,18,21). The molecule has 3 N–H and O–H groups in total. The molecule has 0 radical (unpaired) electrons. The Hall–Kier alpha value is -1.92. The van der Waals surface area contributed by atoms with Crippen LogP contribution < -0.4 is 10.6 Å². The van der Waals surface area contributed by atoms with Crippen LogP contribution in [0.2, 0.25) is 0 Å². The molecule has 0 unspecified atom stereocenters. The van der Waals surface area contributed by atoms with E-state index in [1.807, 2.05) is 35.7 Å². The van der Waals surface area contributed by atoms with Gasteiger partial charge in [0.1, 0.15) is 5.01 Å². The molecule has 1 aromatic carbocycles. The summed E-state index contributed by atoms with van der Waals surface area (Å²) in [6.45, 7) is 1.07. The first kappa shape index (κ1) is 15.0. The summed E-state index contributed by atoms with van der Waals surface area (Å²) in [6, 6.07) is 9.77. The highest BCUT2D eigenvalue weighted by molar-refractivity contribution is 7.13. The molecule has 22 heavy (non-hydrogen) atoms. The number of thiazole rings is 1. The summed E-state index contributed by atoms with van der Waals surface area (Å²) >= 11 is 1.57. The molecule has 0 atom stereocenters. The summed E-state index contributed by atoms with van der Waals surface area (Å²) in [5.74, 6) is 0. The number of aromatic nitrogens is 1. The third kappa shape index (κ3) is 3.64. The number of carbonyl (C=O) groups excluding carboxylic acids is 1. The summed E-state index contributed by atoms with van der Waals surface area (Å²) in [5, 5.41) is 17.7. The van der Waals surface area contributed by atoms with Crippen LogP contribution in [0.25, 0.3) is 10.6 Å². The maximum Gasteiger partial charge on any atom is 0.315 e. The van der Waals surface area contributed by atoms with Gasteiger partial charge in [-0.15, -0.1) is 11.3 Å². The van der Waals surface area contributed by atoms with E-state index in [2.05, 4.69) is 15.6 Å². The molecule has 1 saturated carbocycles. The number of aliphatic hydroxyl groups excluding tert-OH is 1. The van der Waals surface area contributed by atoms with Gasteiger partial charge >= 0.3 is 6.03 Å². The van der Waals surface area contributed by atoms with E-state index in [0.29, 0.717) is 13.1 Å². The van der Waals surface area contributed by atoms with Crippen LogP contribution in [0.5, 0.6) is 0 Å². The second-order valence-electron chi connectivity index (χ2n) is 5.70. The monoisotopic (exact) mass is 317 g/mol. The number of urea groups is 1. The summed E-state index contributed by atoms with van der Waals surface area (Å²) < 4.78 is 0. The van der Waals surface area contributed by atoms with Gasteiger partial charge in [-0.25, -0.2) is 9.78 Å². The Balaban J connectivity index is 1.48. The predicted molar refractivity (Wildman–Crippen MR) is 86.5 cm³/mol. The number of aliphatic hydroxyl groups is 1. The Morgan fingerprint density at radius 1 is 1.27 bits per heavy atom. The molecule has 6 heteroatoms. The van der Waals surface area contributed by atoms with Crippen molar-refractivity contribution in [1.29, 1.82) is 0 Å². The number of hydrogen-bond donors (Lipinski definition) is 3. The van der Waals surface area contributed by atoms with Crippen molar-refractivity contribution in [2.45, 2.75) is 19.4 Å². The Labute approximate surface area is 133 Å². The molecule has 5 nitrogen and oxygen atoms in total. The minimum Gasteiger partial charge on any atom is -0.396 e. The Bertz CT molecular complexity index is 638. The summed E-state index contributed by atoms with van der Waals surface area (Å²) in [4.78, 5) is 16.3. The van der Waals surface area contributed by atoms with Crippen molar-refractivity contribution >= 4 is 17.4 Å². The Morgan fingerprint density at radius 2 is 2.05 bits per heavy atom. The van der Waals surface area contributed by atoms with Crippen LogP contribution in [-0.4, -0.2) is 29.3 Å². The Morgan fingerprint density at radius 3 is 2.73 bits per heavy atom. The number of nitrogens with one attached hydrogen (secondary N) is 2. The van der Waals surface area contributed by atoms with E-state index in [-0.39, 0.29) is 18.1 Å². The van der Waals surface area contributed by atoms with Gasteiger partial charge in [0.15, 0.2) is 0 Å². The van der Waals surface area contributed by atoms with Gasteiger partial charge in [-0.3, -0.25) is 0 Å². The normalized spacial score (nSPS) is 15.3. The molecule has 2 aromatic rings. The van der Waals surface area contributed by atoms with Gasteiger partial charge in [-0.05, 0) is 12.8 Å². The van der Waals surface area contributed by atoms with Crippen LogP contribution in [0.4, 0.5) is 4.79 Å². The van der Waals surface area contributed by atoms with Gasteiger partial charge in [0.25, 0.3) is 0 Å². The van der Waals surface area contributed by atoms with Crippen LogP contribution >= 0.6 is 11.3 Å². The highest BCUT2D eigenvalue weighted by Gasteiger charge is 2.42. The smallest absolute Gasteiger partial charge is 0.315 e. The molecule has 3 rings (SSSR count). The largest absolute Gasteiger partial charge is 0.396 e. The molecule has 1 heterocycles. The van der Waals surface area contributed by atoms with Crippen molar-refractivity contribution in [1.82, 2.24) is 15.6 Å². The number of benzene rings is 1. The maximum atomic E-state index is 11.8. The van der Waals surface area contributed by atoms with E-state index in [1.54, 1.807) is 11.3 Å². The van der Waals surface area contributed by atoms with Gasteiger partial charge in [0.2, 0.25) is 0 Å². The molecule has 1 aromatic heterocycles. The number of nitrogens with zero attached hydrogens (tertiary/aromatic N) is 1. The SMILES string of the molecule is O=C(NCc1csc(-c2ccccc2)n1)NCC1(CO)CC1. The van der Waals surface area contributed by atoms with Crippen LogP contribution in [0.1, 0.15) is 18.5 Å². The molecular formula is C16H19N3O2S. The molecule has 1 aliphatic rings. The molecule has 1 aliphatic carbocycles. The third-order valence-electron chi connectivity index (χ3n) is 3.92. The fourth-order valence-corrected chi connectivity index (χ4v) is 3.00. The zero-order chi connectivity index (χ0) is 15.4. The lowest BCUT2D eigenvalue weighted by Crippen LogP contribution is -2.39. The molecular weight excluding hydrogens is 298 g/mol. The molecule has 1 fully saturated rings. The van der Waals surface area contributed by atoms with Gasteiger partial charge in [-0.1, -0.05) is 30.3 Å². The average Bonchev–Trinajstić information content (AvgIpc) is 3.20. The lowest BCUT2D eigenvalue weighted by atomic mass is 10.1. The first-order valence-electron chi connectivity index (χ1n) is 7.33. The van der Waals surface area contributed by atoms with Crippen molar-refractivity contribution in [3.05, 3.63) is 41.4 Å². The predicted octanol–water partition coefficient (Wildman–Crippen LogP) is 2.38. The molecule has 0 spiro atoms. The zero-order valence-corrected chi connectivity index (χ0v) is 13.0. The zero-order valence-electron chi connectivity index (χ0n) is 12.2. The van der Waals surface area contributed by atoms with E-state index in [4.69, 9.17) is 0 Å².